The minimum atomic E-state index is -0.0446. The number of aromatic nitrogens is 1. The molecule has 0 aliphatic carbocycles. The molecule has 1 aromatic heterocycles. The second kappa shape index (κ2) is 16.5. The van der Waals surface area contributed by atoms with Gasteiger partial charge in [0.05, 0.1) is 16.7 Å². The van der Waals surface area contributed by atoms with Crippen LogP contribution in [0.15, 0.2) is 269 Å². The summed E-state index contributed by atoms with van der Waals surface area (Å²) < 4.78 is 2.49. The van der Waals surface area contributed by atoms with Gasteiger partial charge in [0.1, 0.15) is 0 Å². The zero-order valence-electron chi connectivity index (χ0n) is 40.0. The van der Waals surface area contributed by atoms with Crippen molar-refractivity contribution < 1.29 is 0 Å². The molecule has 12 aromatic rings. The van der Waals surface area contributed by atoms with Crippen LogP contribution in [0.3, 0.4) is 0 Å². The Morgan fingerprint density at radius 3 is 1.55 bits per heavy atom. The first-order valence-corrected chi connectivity index (χ1v) is 27.1. The van der Waals surface area contributed by atoms with Crippen LogP contribution in [-0.4, -0.2) is 17.3 Å². The molecule has 0 atom stereocenters. The largest absolute Gasteiger partial charge is 0.311 e. The number of nitrogens with zero attached hydrogens (tertiary/aromatic N) is 4. The van der Waals surface area contributed by atoms with Crippen LogP contribution in [0.1, 0.15) is 0 Å². The maximum Gasteiger partial charge on any atom is 0.283 e. The predicted molar refractivity (Wildman–Crippen MR) is 316 cm³/mol. The maximum atomic E-state index is 2.62. The van der Waals surface area contributed by atoms with Crippen molar-refractivity contribution in [2.75, 3.05) is 14.7 Å². The molecule has 16 rings (SSSR count). The Morgan fingerprint density at radius 1 is 0.338 bits per heavy atom. The lowest BCUT2D eigenvalue weighted by molar-refractivity contribution is 1.16. The minimum absolute atomic E-state index is 0.0446. The molecule has 0 N–H and O–H groups in total. The van der Waals surface area contributed by atoms with E-state index in [1.54, 1.807) is 0 Å². The molecule has 0 saturated heterocycles. The van der Waals surface area contributed by atoms with Gasteiger partial charge in [-0.2, -0.15) is 11.6 Å². The molecule has 344 valence electrons. The van der Waals surface area contributed by atoms with E-state index in [1.165, 1.54) is 103 Å². The van der Waals surface area contributed by atoms with Crippen molar-refractivity contribution in [1.82, 2.24) is 4.57 Å². The SMILES string of the molecule is c1ccc(N(c2ccccc2)c2cc3c4c(c2)N(c2ccccc2)c2cc5c(cc2B4c2ccccc2N3c2ccccc2)B2Sc3ccccc3-c3cc(-n4c6ccccc6c6ccccc64)cc(c32)S5)cc1. The van der Waals surface area contributed by atoms with Gasteiger partial charge in [-0.1, -0.05) is 163 Å². The number of hydrogen-bond donors (Lipinski definition) is 0. The van der Waals surface area contributed by atoms with Crippen LogP contribution >= 0.6 is 23.4 Å². The van der Waals surface area contributed by atoms with E-state index in [-0.39, 0.29) is 12.7 Å². The van der Waals surface area contributed by atoms with Crippen LogP contribution < -0.4 is 42.0 Å². The fraction of sp³-hybridized carbons (Fsp3) is 0. The van der Waals surface area contributed by atoms with Gasteiger partial charge in [-0.25, -0.2) is 0 Å². The minimum Gasteiger partial charge on any atom is -0.311 e. The van der Waals surface area contributed by atoms with Gasteiger partial charge in [-0.3, -0.25) is 0 Å². The molecule has 4 aliphatic heterocycles. The van der Waals surface area contributed by atoms with Crippen LogP contribution in [0.5, 0.6) is 0 Å². The van der Waals surface area contributed by atoms with Gasteiger partial charge in [0.25, 0.3) is 12.7 Å². The summed E-state index contributed by atoms with van der Waals surface area (Å²) in [5, 5.41) is 2.54. The zero-order chi connectivity index (χ0) is 48.4. The summed E-state index contributed by atoms with van der Waals surface area (Å²) in [5.74, 6) is 0.0991. The van der Waals surface area contributed by atoms with Gasteiger partial charge < -0.3 is 19.3 Å². The van der Waals surface area contributed by atoms with Gasteiger partial charge in [0.15, 0.2) is 0 Å². The number of rotatable bonds is 6. The Morgan fingerprint density at radius 2 is 0.892 bits per heavy atom. The van der Waals surface area contributed by atoms with E-state index < -0.39 is 0 Å². The van der Waals surface area contributed by atoms with E-state index in [0.29, 0.717) is 0 Å². The average molecular weight is 977 g/mol. The van der Waals surface area contributed by atoms with Crippen molar-refractivity contribution in [3.8, 4) is 16.8 Å². The van der Waals surface area contributed by atoms with Crippen LogP contribution in [0.25, 0.3) is 38.6 Å². The molecule has 8 heteroatoms. The van der Waals surface area contributed by atoms with Crippen LogP contribution in [0.4, 0.5) is 51.2 Å². The monoisotopic (exact) mass is 976 g/mol. The van der Waals surface area contributed by atoms with E-state index in [9.17, 15) is 0 Å². The summed E-state index contributed by atoms with van der Waals surface area (Å²) in [6.07, 6.45) is 0. The van der Waals surface area contributed by atoms with Crippen LogP contribution in [0, 0.1) is 0 Å². The molecule has 0 unspecified atom stereocenters. The highest BCUT2D eigenvalue weighted by Crippen LogP contribution is 2.51. The van der Waals surface area contributed by atoms with E-state index >= 15 is 0 Å². The molecule has 5 heterocycles. The highest BCUT2D eigenvalue weighted by molar-refractivity contribution is 8.28. The first kappa shape index (κ1) is 42.0. The highest BCUT2D eigenvalue weighted by Gasteiger charge is 2.46. The number of benzene rings is 11. The van der Waals surface area contributed by atoms with E-state index in [4.69, 9.17) is 0 Å². The predicted octanol–water partition coefficient (Wildman–Crippen LogP) is 14.7. The van der Waals surface area contributed by atoms with Gasteiger partial charge >= 0.3 is 0 Å². The second-order valence-electron chi connectivity index (χ2n) is 19.6. The topological polar surface area (TPSA) is 14.7 Å². The normalized spacial score (nSPS) is 13.5. The number of fused-ring (bicyclic) bond motifs is 11. The molecule has 0 bridgehead atoms. The lowest BCUT2D eigenvalue weighted by Crippen LogP contribution is -2.62. The number of anilines is 9. The molecule has 4 aliphatic rings. The maximum absolute atomic E-state index is 2.62. The summed E-state index contributed by atoms with van der Waals surface area (Å²) in [6, 6.07) is 94.6. The summed E-state index contributed by atoms with van der Waals surface area (Å²) in [7, 11) is 0. The molecule has 0 radical (unpaired) electrons. The van der Waals surface area contributed by atoms with Crippen LogP contribution in [-0.2, 0) is 0 Å². The Balaban J connectivity index is 0.969. The summed E-state index contributed by atoms with van der Waals surface area (Å²) >= 11 is 3.95. The second-order valence-corrected chi connectivity index (χ2v) is 21.8. The third kappa shape index (κ3) is 6.22. The number of para-hydroxylation sites is 7. The van der Waals surface area contributed by atoms with E-state index in [2.05, 4.69) is 274 Å². The Hall–Kier alpha value is -8.55. The molecule has 74 heavy (non-hydrogen) atoms. The fourth-order valence-electron chi connectivity index (χ4n) is 12.5. The summed E-state index contributed by atoms with van der Waals surface area (Å²) in [6.45, 7) is -0.0446. The number of hydrogen-bond acceptors (Lipinski definition) is 5. The van der Waals surface area contributed by atoms with Crippen molar-refractivity contribution in [1.29, 1.82) is 0 Å². The Bertz CT molecular complexity index is 4150. The molecular weight excluding hydrogens is 935 g/mol. The molecule has 0 spiro atoms. The van der Waals surface area contributed by atoms with E-state index in [1.807, 2.05) is 23.4 Å². The third-order valence-electron chi connectivity index (χ3n) is 15.6. The van der Waals surface area contributed by atoms with Crippen molar-refractivity contribution in [2.24, 2.45) is 0 Å². The highest BCUT2D eigenvalue weighted by atomic mass is 32.2. The molecule has 4 nitrogen and oxygen atoms in total. The van der Waals surface area contributed by atoms with Gasteiger partial charge in [0, 0.05) is 76.6 Å². The Labute approximate surface area is 439 Å². The smallest absolute Gasteiger partial charge is 0.283 e. The molecule has 0 amide bonds. The quantitative estimate of drug-likeness (QED) is 0.154. The molecule has 0 saturated carbocycles. The van der Waals surface area contributed by atoms with E-state index in [0.717, 1.165) is 28.4 Å². The molecule has 0 fully saturated rings. The summed E-state index contributed by atoms with van der Waals surface area (Å²) in [4.78, 5) is 11.4. The lowest BCUT2D eigenvalue weighted by Gasteiger charge is -2.45. The summed E-state index contributed by atoms with van der Waals surface area (Å²) in [5.41, 5.74) is 23.3. The lowest BCUT2D eigenvalue weighted by atomic mass is 9.33. The molecular formula is C66H42B2N4S2. The van der Waals surface area contributed by atoms with Crippen molar-refractivity contribution in [2.45, 2.75) is 14.7 Å². The standard InChI is InChI=1S/C66H42B2N4S2/c1-5-21-43(22-6-1)69(44-23-7-2-8-24-44)48-38-60-66-61(39-48)71(46-27-11-4-12-28-46)59-42-63-55(41-54(59)67(66)53-32-16-19-35-58(53)70(60)45-25-9-3-10-26-45)68-65-52(51-31-15-20-36-62(51)74-68)37-47(40-64(65)73-63)72-56-33-17-13-29-49(56)50-30-14-18-34-57(50)72/h1-42H. The van der Waals surface area contributed by atoms with Crippen molar-refractivity contribution in [3.05, 3.63) is 255 Å². The van der Waals surface area contributed by atoms with Crippen molar-refractivity contribution in [3.63, 3.8) is 0 Å². The third-order valence-corrected chi connectivity index (χ3v) is 18.0. The fourth-order valence-corrected chi connectivity index (χ4v) is 15.3. The van der Waals surface area contributed by atoms with Gasteiger partial charge in [0.2, 0.25) is 0 Å². The molecule has 11 aromatic carbocycles. The zero-order valence-corrected chi connectivity index (χ0v) is 41.6. The van der Waals surface area contributed by atoms with Gasteiger partial charge in [-0.05, 0) is 142 Å². The van der Waals surface area contributed by atoms with Crippen molar-refractivity contribution >= 4 is 136 Å². The average Bonchev–Trinajstić information content (AvgIpc) is 3.80. The first-order chi connectivity index (χ1) is 36.7. The Kier molecular flexibility index (Phi) is 9.36. The van der Waals surface area contributed by atoms with Gasteiger partial charge in [-0.15, -0.1) is 0 Å². The first-order valence-electron chi connectivity index (χ1n) is 25.4. The van der Waals surface area contributed by atoms with Crippen LogP contribution in [0.2, 0.25) is 0 Å².